The van der Waals surface area contributed by atoms with E-state index in [0.717, 1.165) is 30.4 Å². The van der Waals surface area contributed by atoms with Crippen molar-refractivity contribution < 1.29 is 14.3 Å². The highest BCUT2D eigenvalue weighted by atomic mass is 35.5. The zero-order valence-corrected chi connectivity index (χ0v) is 23.1. The molecule has 2 atom stereocenters. The minimum atomic E-state index is -0.482. The molecule has 38 heavy (non-hydrogen) atoms. The smallest absolute Gasteiger partial charge is 0.230 e. The highest BCUT2D eigenvalue weighted by molar-refractivity contribution is 6.30. The van der Waals surface area contributed by atoms with E-state index in [-0.39, 0.29) is 17.7 Å². The Morgan fingerprint density at radius 1 is 1.00 bits per heavy atom. The largest absolute Gasteiger partial charge is 0.493 e. The van der Waals surface area contributed by atoms with Crippen LogP contribution in [-0.4, -0.2) is 48.4 Å². The van der Waals surface area contributed by atoms with Gasteiger partial charge < -0.3 is 14.5 Å². The maximum atomic E-state index is 13.8. The molecule has 3 aromatic rings. The number of benzene rings is 3. The molecule has 0 N–H and O–H groups in total. The van der Waals surface area contributed by atoms with Crippen LogP contribution >= 0.6 is 11.6 Å². The van der Waals surface area contributed by atoms with Gasteiger partial charge in [-0.05, 0) is 54.7 Å². The molecule has 1 aliphatic rings. The van der Waals surface area contributed by atoms with Gasteiger partial charge in [0, 0.05) is 43.5 Å². The van der Waals surface area contributed by atoms with Gasteiger partial charge in [-0.15, -0.1) is 0 Å². The monoisotopic (exact) mass is 532 g/mol. The van der Waals surface area contributed by atoms with Crippen LogP contribution in [-0.2, 0) is 16.1 Å². The van der Waals surface area contributed by atoms with E-state index in [2.05, 4.69) is 6.92 Å². The molecular weight excluding hydrogens is 496 g/mol. The predicted molar refractivity (Wildman–Crippen MR) is 152 cm³/mol. The molecule has 3 aromatic carbocycles. The van der Waals surface area contributed by atoms with Crippen LogP contribution in [0.5, 0.6) is 5.75 Å². The van der Waals surface area contributed by atoms with E-state index in [4.69, 9.17) is 16.3 Å². The fourth-order valence-corrected chi connectivity index (χ4v) is 5.46. The van der Waals surface area contributed by atoms with Gasteiger partial charge in [-0.1, -0.05) is 79.2 Å². The number of carbonyl (C=O) groups excluding carboxylic acids is 2. The Labute approximate surface area is 231 Å². The predicted octanol–water partition coefficient (Wildman–Crippen LogP) is 6.57. The average Bonchev–Trinajstić information content (AvgIpc) is 2.94. The summed E-state index contributed by atoms with van der Waals surface area (Å²) in [6.45, 7) is 4.14. The number of rotatable bonds is 10. The second-order valence-electron chi connectivity index (χ2n) is 10.4. The molecular formula is C32H37ClN2O3. The first-order valence-corrected chi connectivity index (χ1v) is 13.8. The second kappa shape index (κ2) is 13.0. The van der Waals surface area contributed by atoms with Gasteiger partial charge in [-0.3, -0.25) is 9.59 Å². The Morgan fingerprint density at radius 2 is 1.66 bits per heavy atom. The fraction of sp³-hybridized carbons (Fsp3) is 0.375. The van der Waals surface area contributed by atoms with Crippen molar-refractivity contribution in [2.75, 3.05) is 26.7 Å². The fourth-order valence-electron chi connectivity index (χ4n) is 5.34. The Hall–Kier alpha value is -3.31. The van der Waals surface area contributed by atoms with Crippen LogP contribution in [0.2, 0.25) is 5.02 Å². The molecule has 2 amide bonds. The van der Waals surface area contributed by atoms with E-state index in [1.54, 1.807) is 17.0 Å². The van der Waals surface area contributed by atoms with E-state index in [0.29, 0.717) is 43.4 Å². The quantitative estimate of drug-likeness (QED) is 0.297. The summed E-state index contributed by atoms with van der Waals surface area (Å²) in [5, 5.41) is 0.644. The number of likely N-dealkylation sites (tertiary alicyclic amines) is 1. The van der Waals surface area contributed by atoms with Crippen molar-refractivity contribution in [3.63, 3.8) is 0 Å². The summed E-state index contributed by atoms with van der Waals surface area (Å²) in [5.41, 5.74) is 1.64. The normalized spacial score (nSPS) is 18.0. The third kappa shape index (κ3) is 7.16. The van der Waals surface area contributed by atoms with Crippen molar-refractivity contribution >= 4 is 23.4 Å². The third-order valence-corrected chi connectivity index (χ3v) is 7.71. The standard InChI is InChI=1S/C32H37ClN2O3/c1-3-29(26-13-8-5-9-14-26)31(37)35-20-10-19-32(23-35,24-38-28-17-15-27(33)16-18-28)21-30(36)34(2)22-25-11-6-4-7-12-25/h4-9,11-18,29H,3,10,19-24H2,1-2H3. The van der Waals surface area contributed by atoms with Gasteiger partial charge in [0.2, 0.25) is 11.8 Å². The highest BCUT2D eigenvalue weighted by Crippen LogP contribution is 2.37. The molecule has 6 heteroatoms. The lowest BCUT2D eigenvalue weighted by molar-refractivity contribution is -0.142. The summed E-state index contributed by atoms with van der Waals surface area (Å²) < 4.78 is 6.23. The molecule has 0 saturated carbocycles. The highest BCUT2D eigenvalue weighted by Gasteiger charge is 2.41. The number of amides is 2. The van der Waals surface area contributed by atoms with Crippen molar-refractivity contribution in [2.45, 2.75) is 45.1 Å². The van der Waals surface area contributed by atoms with Crippen LogP contribution < -0.4 is 4.74 Å². The molecule has 0 aromatic heterocycles. The summed E-state index contributed by atoms with van der Waals surface area (Å²) in [6, 6.07) is 27.2. The first-order valence-electron chi connectivity index (χ1n) is 13.4. The lowest BCUT2D eigenvalue weighted by atomic mass is 9.76. The van der Waals surface area contributed by atoms with Crippen molar-refractivity contribution in [1.82, 2.24) is 9.80 Å². The second-order valence-corrected chi connectivity index (χ2v) is 10.8. The number of nitrogens with zero attached hydrogens (tertiary/aromatic N) is 2. The molecule has 5 nitrogen and oxygen atoms in total. The van der Waals surface area contributed by atoms with Crippen LogP contribution in [0.3, 0.4) is 0 Å². The molecule has 2 unspecified atom stereocenters. The Balaban J connectivity index is 1.53. The van der Waals surface area contributed by atoms with Gasteiger partial charge in [0.25, 0.3) is 0 Å². The van der Waals surface area contributed by atoms with Gasteiger partial charge in [0.05, 0.1) is 12.5 Å². The molecule has 0 aliphatic carbocycles. The molecule has 1 saturated heterocycles. The van der Waals surface area contributed by atoms with Crippen LogP contribution in [0.1, 0.15) is 49.7 Å². The van der Waals surface area contributed by atoms with E-state index in [1.165, 1.54) is 0 Å². The molecule has 0 spiro atoms. The van der Waals surface area contributed by atoms with Gasteiger partial charge in [-0.25, -0.2) is 0 Å². The average molecular weight is 533 g/mol. The van der Waals surface area contributed by atoms with Crippen LogP contribution in [0.4, 0.5) is 0 Å². The van der Waals surface area contributed by atoms with E-state index in [9.17, 15) is 9.59 Å². The Morgan fingerprint density at radius 3 is 2.32 bits per heavy atom. The summed E-state index contributed by atoms with van der Waals surface area (Å²) in [4.78, 5) is 31.0. The lowest BCUT2D eigenvalue weighted by Crippen LogP contribution is -2.51. The lowest BCUT2D eigenvalue weighted by Gasteiger charge is -2.43. The van der Waals surface area contributed by atoms with Gasteiger partial charge in [-0.2, -0.15) is 0 Å². The number of hydrogen-bond donors (Lipinski definition) is 0. The van der Waals surface area contributed by atoms with Crippen molar-refractivity contribution in [1.29, 1.82) is 0 Å². The van der Waals surface area contributed by atoms with Gasteiger partial charge >= 0.3 is 0 Å². The molecule has 0 radical (unpaired) electrons. The summed E-state index contributed by atoms with van der Waals surface area (Å²) in [7, 11) is 1.84. The van der Waals surface area contributed by atoms with Crippen molar-refractivity contribution in [2.24, 2.45) is 5.41 Å². The maximum Gasteiger partial charge on any atom is 0.230 e. The first kappa shape index (κ1) is 27.7. The molecule has 1 fully saturated rings. The molecule has 1 aliphatic heterocycles. The minimum absolute atomic E-state index is 0.0537. The number of carbonyl (C=O) groups is 2. The number of halogens is 1. The van der Waals surface area contributed by atoms with E-state index >= 15 is 0 Å². The number of ether oxygens (including phenoxy) is 1. The Bertz CT molecular complexity index is 1190. The number of piperidine rings is 1. The van der Waals surface area contributed by atoms with Gasteiger partial charge in [0.1, 0.15) is 5.75 Å². The Kier molecular flexibility index (Phi) is 9.46. The van der Waals surface area contributed by atoms with Crippen LogP contribution in [0, 0.1) is 5.41 Å². The van der Waals surface area contributed by atoms with Gasteiger partial charge in [0.15, 0.2) is 0 Å². The van der Waals surface area contributed by atoms with Crippen LogP contribution in [0.25, 0.3) is 0 Å². The summed E-state index contributed by atoms with van der Waals surface area (Å²) >= 11 is 6.06. The van der Waals surface area contributed by atoms with E-state index in [1.807, 2.05) is 84.7 Å². The molecule has 0 bridgehead atoms. The summed E-state index contributed by atoms with van der Waals surface area (Å²) in [6.07, 6.45) is 2.69. The molecule has 4 rings (SSSR count). The third-order valence-electron chi connectivity index (χ3n) is 7.45. The molecule has 200 valence electrons. The molecule has 1 heterocycles. The SMILES string of the molecule is CCC(C(=O)N1CCCC(COc2ccc(Cl)cc2)(CC(=O)N(C)Cc2ccccc2)C1)c1ccccc1. The topological polar surface area (TPSA) is 49.9 Å². The zero-order chi connectivity index (χ0) is 27.0. The minimum Gasteiger partial charge on any atom is -0.493 e. The van der Waals surface area contributed by atoms with E-state index < -0.39 is 5.41 Å². The first-order chi connectivity index (χ1) is 18.4. The maximum absolute atomic E-state index is 13.8. The zero-order valence-electron chi connectivity index (χ0n) is 22.3. The van der Waals surface area contributed by atoms with Crippen molar-refractivity contribution in [3.05, 3.63) is 101 Å². The van der Waals surface area contributed by atoms with Crippen molar-refractivity contribution in [3.8, 4) is 5.75 Å². The summed E-state index contributed by atoms with van der Waals surface area (Å²) in [5.74, 6) is 0.691. The van der Waals surface area contributed by atoms with Crippen LogP contribution in [0.15, 0.2) is 84.9 Å². The number of hydrogen-bond acceptors (Lipinski definition) is 3.